The van der Waals surface area contributed by atoms with Crippen molar-refractivity contribution < 1.29 is 18.8 Å². The molecule has 2 aromatic rings. The molecule has 2 amide bonds. The fourth-order valence-electron chi connectivity index (χ4n) is 2.73. The van der Waals surface area contributed by atoms with Crippen LogP contribution in [0.4, 0.5) is 0 Å². The lowest BCUT2D eigenvalue weighted by molar-refractivity contribution is -0.129. The molecular weight excluding hydrogens is 308 g/mol. The van der Waals surface area contributed by atoms with E-state index in [0.29, 0.717) is 24.4 Å². The SMILES string of the molecule is O=C(CNC(=O)[C@@H]1CC(=O)N(Cc2ccco2)C1)c1ccccc1. The van der Waals surface area contributed by atoms with Gasteiger partial charge in [0.25, 0.3) is 0 Å². The lowest BCUT2D eigenvalue weighted by atomic mass is 10.1. The maximum absolute atomic E-state index is 12.2. The number of Topliss-reactive ketones (excluding diaryl/α,β-unsaturated/α-hetero) is 1. The van der Waals surface area contributed by atoms with Crippen molar-refractivity contribution in [2.45, 2.75) is 13.0 Å². The van der Waals surface area contributed by atoms with E-state index in [9.17, 15) is 14.4 Å². The second-order valence-electron chi connectivity index (χ2n) is 5.76. The number of rotatable bonds is 6. The molecule has 1 fully saturated rings. The van der Waals surface area contributed by atoms with E-state index in [1.165, 1.54) is 0 Å². The number of carbonyl (C=O) groups is 3. The van der Waals surface area contributed by atoms with E-state index in [-0.39, 0.29) is 30.6 Å². The lowest BCUT2D eigenvalue weighted by Gasteiger charge is -2.15. The van der Waals surface area contributed by atoms with Crippen molar-refractivity contribution in [3.05, 3.63) is 60.1 Å². The van der Waals surface area contributed by atoms with Crippen molar-refractivity contribution in [3.63, 3.8) is 0 Å². The highest BCUT2D eigenvalue weighted by Gasteiger charge is 2.34. The topological polar surface area (TPSA) is 79.6 Å². The number of nitrogens with one attached hydrogen (secondary N) is 1. The highest BCUT2D eigenvalue weighted by atomic mass is 16.3. The van der Waals surface area contributed by atoms with Crippen LogP contribution in [0.25, 0.3) is 0 Å². The molecule has 0 unspecified atom stereocenters. The van der Waals surface area contributed by atoms with Gasteiger partial charge in [-0.15, -0.1) is 0 Å². The predicted octanol–water partition coefficient (Wildman–Crippen LogP) is 1.63. The van der Waals surface area contributed by atoms with Gasteiger partial charge < -0.3 is 14.6 Å². The zero-order valence-electron chi connectivity index (χ0n) is 13.1. The Labute approximate surface area is 139 Å². The van der Waals surface area contributed by atoms with Gasteiger partial charge in [0.1, 0.15) is 5.76 Å². The number of hydrogen-bond donors (Lipinski definition) is 1. The second kappa shape index (κ2) is 7.12. The van der Waals surface area contributed by atoms with E-state index < -0.39 is 5.92 Å². The summed E-state index contributed by atoms with van der Waals surface area (Å²) in [7, 11) is 0. The highest BCUT2D eigenvalue weighted by molar-refractivity contribution is 6.00. The maximum Gasteiger partial charge on any atom is 0.225 e. The minimum atomic E-state index is -0.434. The van der Waals surface area contributed by atoms with Gasteiger partial charge in [0.15, 0.2) is 5.78 Å². The Morgan fingerprint density at radius 2 is 1.96 bits per heavy atom. The van der Waals surface area contributed by atoms with Gasteiger partial charge in [-0.2, -0.15) is 0 Å². The molecule has 1 aromatic heterocycles. The number of likely N-dealkylation sites (tertiary alicyclic amines) is 1. The van der Waals surface area contributed by atoms with Gasteiger partial charge >= 0.3 is 0 Å². The number of furan rings is 1. The molecule has 0 saturated carbocycles. The van der Waals surface area contributed by atoms with Gasteiger partial charge in [-0.3, -0.25) is 14.4 Å². The minimum absolute atomic E-state index is 0.0638. The summed E-state index contributed by atoms with van der Waals surface area (Å²) in [6.07, 6.45) is 1.71. The van der Waals surface area contributed by atoms with E-state index in [4.69, 9.17) is 4.42 Å². The molecule has 1 saturated heterocycles. The first-order chi connectivity index (χ1) is 11.6. The maximum atomic E-state index is 12.2. The summed E-state index contributed by atoms with van der Waals surface area (Å²) < 4.78 is 5.23. The minimum Gasteiger partial charge on any atom is -0.467 e. The first kappa shape index (κ1) is 16.0. The van der Waals surface area contributed by atoms with Crippen LogP contribution in [0.1, 0.15) is 22.5 Å². The largest absolute Gasteiger partial charge is 0.467 e. The number of benzene rings is 1. The molecule has 124 valence electrons. The van der Waals surface area contributed by atoms with Gasteiger partial charge in [0, 0.05) is 18.5 Å². The van der Waals surface area contributed by atoms with E-state index in [0.717, 1.165) is 0 Å². The number of ketones is 1. The van der Waals surface area contributed by atoms with Crippen molar-refractivity contribution in [2.24, 2.45) is 5.92 Å². The molecule has 1 aromatic carbocycles. The van der Waals surface area contributed by atoms with Gasteiger partial charge in [0.2, 0.25) is 11.8 Å². The summed E-state index contributed by atoms with van der Waals surface area (Å²) in [6, 6.07) is 12.3. The Hall–Kier alpha value is -2.89. The van der Waals surface area contributed by atoms with Crippen LogP contribution >= 0.6 is 0 Å². The average molecular weight is 326 g/mol. The molecule has 1 atom stereocenters. The third-order valence-corrected chi connectivity index (χ3v) is 4.03. The molecule has 2 heterocycles. The van der Waals surface area contributed by atoms with Crippen LogP contribution in [0.3, 0.4) is 0 Å². The molecule has 1 aliphatic heterocycles. The van der Waals surface area contributed by atoms with E-state index in [1.54, 1.807) is 47.6 Å². The lowest BCUT2D eigenvalue weighted by Crippen LogP contribution is -2.36. The van der Waals surface area contributed by atoms with Crippen LogP contribution in [-0.2, 0) is 16.1 Å². The summed E-state index contributed by atoms with van der Waals surface area (Å²) in [5, 5.41) is 2.63. The summed E-state index contributed by atoms with van der Waals surface area (Å²) >= 11 is 0. The number of carbonyl (C=O) groups excluding carboxylic acids is 3. The van der Waals surface area contributed by atoms with Gasteiger partial charge in [-0.1, -0.05) is 30.3 Å². The molecule has 0 bridgehead atoms. The van der Waals surface area contributed by atoms with Crippen LogP contribution < -0.4 is 5.32 Å². The van der Waals surface area contributed by atoms with Crippen molar-refractivity contribution >= 4 is 17.6 Å². The zero-order valence-corrected chi connectivity index (χ0v) is 13.1. The van der Waals surface area contributed by atoms with Crippen LogP contribution in [0, 0.1) is 5.92 Å². The average Bonchev–Trinajstić information content (AvgIpc) is 3.24. The summed E-state index contributed by atoms with van der Waals surface area (Å²) in [5.41, 5.74) is 0.555. The fraction of sp³-hybridized carbons (Fsp3) is 0.278. The zero-order chi connectivity index (χ0) is 16.9. The Kier molecular flexibility index (Phi) is 4.74. The van der Waals surface area contributed by atoms with Gasteiger partial charge in [-0.05, 0) is 12.1 Å². The van der Waals surface area contributed by atoms with E-state index in [2.05, 4.69) is 5.32 Å². The molecular formula is C18H18N2O4. The molecule has 6 heteroatoms. The Bertz CT molecular complexity index is 725. The molecule has 0 radical (unpaired) electrons. The highest BCUT2D eigenvalue weighted by Crippen LogP contribution is 2.20. The Morgan fingerprint density at radius 1 is 1.17 bits per heavy atom. The monoisotopic (exact) mass is 326 g/mol. The number of hydrogen-bond acceptors (Lipinski definition) is 4. The molecule has 1 aliphatic rings. The van der Waals surface area contributed by atoms with Crippen molar-refractivity contribution in [3.8, 4) is 0 Å². The van der Waals surface area contributed by atoms with Crippen LogP contribution in [0.15, 0.2) is 53.1 Å². The first-order valence-corrected chi connectivity index (χ1v) is 7.79. The molecule has 6 nitrogen and oxygen atoms in total. The number of nitrogens with zero attached hydrogens (tertiary/aromatic N) is 1. The third-order valence-electron chi connectivity index (χ3n) is 4.03. The van der Waals surface area contributed by atoms with Crippen molar-refractivity contribution in [2.75, 3.05) is 13.1 Å². The van der Waals surface area contributed by atoms with E-state index >= 15 is 0 Å². The van der Waals surface area contributed by atoms with Crippen LogP contribution in [0.2, 0.25) is 0 Å². The first-order valence-electron chi connectivity index (χ1n) is 7.79. The predicted molar refractivity (Wildman–Crippen MR) is 86.0 cm³/mol. The third kappa shape index (κ3) is 3.71. The fourth-order valence-corrected chi connectivity index (χ4v) is 2.73. The van der Waals surface area contributed by atoms with Crippen LogP contribution in [0.5, 0.6) is 0 Å². The quantitative estimate of drug-likeness (QED) is 0.818. The standard InChI is InChI=1S/C18H18N2O4/c21-16(13-5-2-1-3-6-13)10-19-18(23)14-9-17(22)20(11-14)12-15-7-4-8-24-15/h1-8,14H,9-12H2,(H,19,23)/t14-/m1/s1. The Balaban J connectivity index is 1.51. The van der Waals surface area contributed by atoms with Crippen molar-refractivity contribution in [1.82, 2.24) is 10.2 Å². The molecule has 0 spiro atoms. The molecule has 0 aliphatic carbocycles. The van der Waals surface area contributed by atoms with Gasteiger partial charge in [0.05, 0.1) is 25.3 Å². The molecule has 3 rings (SSSR count). The summed E-state index contributed by atoms with van der Waals surface area (Å²) in [4.78, 5) is 37.8. The summed E-state index contributed by atoms with van der Waals surface area (Å²) in [5.74, 6) is -0.254. The normalized spacial score (nSPS) is 17.1. The number of amides is 2. The second-order valence-corrected chi connectivity index (χ2v) is 5.76. The smallest absolute Gasteiger partial charge is 0.225 e. The molecule has 1 N–H and O–H groups in total. The van der Waals surface area contributed by atoms with Gasteiger partial charge in [-0.25, -0.2) is 0 Å². The molecule has 24 heavy (non-hydrogen) atoms. The van der Waals surface area contributed by atoms with Crippen molar-refractivity contribution in [1.29, 1.82) is 0 Å². The summed E-state index contributed by atoms with van der Waals surface area (Å²) in [6.45, 7) is 0.634. The Morgan fingerprint density at radius 3 is 2.67 bits per heavy atom. The van der Waals surface area contributed by atoms with Crippen LogP contribution in [-0.4, -0.2) is 35.6 Å². The van der Waals surface area contributed by atoms with E-state index in [1.807, 2.05) is 6.07 Å².